The molecule has 0 bridgehead atoms. The molecule has 0 aromatic heterocycles. The van der Waals surface area contributed by atoms with Crippen molar-refractivity contribution in [3.8, 4) is 5.75 Å². The van der Waals surface area contributed by atoms with E-state index in [-0.39, 0.29) is 48.7 Å². The van der Waals surface area contributed by atoms with Gasteiger partial charge in [-0.3, -0.25) is 9.59 Å². The van der Waals surface area contributed by atoms with Crippen LogP contribution in [-0.2, 0) is 11.3 Å². The largest absolute Gasteiger partial charge is 0.573 e. The van der Waals surface area contributed by atoms with E-state index in [9.17, 15) is 22.8 Å². The number of hydrogen-bond acceptors (Lipinski definition) is 4. The number of carbonyl (C=O) groups excluding carboxylic acids is 2. The first-order chi connectivity index (χ1) is 13.6. The minimum Gasteiger partial charge on any atom is -0.404 e. The number of amides is 2. The van der Waals surface area contributed by atoms with Gasteiger partial charge in [0.1, 0.15) is 0 Å². The van der Waals surface area contributed by atoms with Crippen molar-refractivity contribution < 1.29 is 27.5 Å². The lowest BCUT2D eigenvalue weighted by Crippen LogP contribution is -2.33. The predicted molar refractivity (Wildman–Crippen MR) is 115 cm³/mol. The first-order valence-electron chi connectivity index (χ1n) is 8.21. The molecule has 0 saturated heterocycles. The van der Waals surface area contributed by atoms with E-state index in [2.05, 4.69) is 20.4 Å². The number of aliphatic imine (C=N–C) groups is 1. The van der Waals surface area contributed by atoms with Crippen molar-refractivity contribution in [3.63, 3.8) is 0 Å². The highest BCUT2D eigenvalue weighted by atomic mass is 127. The van der Waals surface area contributed by atoms with Crippen LogP contribution in [0.3, 0.4) is 0 Å². The van der Waals surface area contributed by atoms with Crippen LogP contribution in [0.2, 0.25) is 0 Å². The third-order valence-electron chi connectivity index (χ3n) is 3.45. The Kier molecular flexibility index (Phi) is 9.36. The fraction of sp³-hybridized carbons (Fsp3) is 0.167. The van der Waals surface area contributed by atoms with Crippen LogP contribution in [0.5, 0.6) is 5.75 Å². The Morgan fingerprint density at radius 1 is 1.03 bits per heavy atom. The number of guanidine groups is 1. The fourth-order valence-corrected chi connectivity index (χ4v) is 2.17. The second kappa shape index (κ2) is 11.2. The molecule has 2 rings (SSSR count). The van der Waals surface area contributed by atoms with E-state index in [1.807, 2.05) is 0 Å². The van der Waals surface area contributed by atoms with Gasteiger partial charge in [0.2, 0.25) is 5.91 Å². The molecule has 0 aliphatic heterocycles. The van der Waals surface area contributed by atoms with Gasteiger partial charge in [-0.25, -0.2) is 4.99 Å². The lowest BCUT2D eigenvalue weighted by atomic mass is 10.1. The zero-order valence-electron chi connectivity index (χ0n) is 15.4. The highest BCUT2D eigenvalue weighted by Crippen LogP contribution is 2.29. The molecular formula is C18H19F3IN5O3. The van der Waals surface area contributed by atoms with Gasteiger partial charge < -0.3 is 26.8 Å². The Morgan fingerprint density at radius 3 is 2.27 bits per heavy atom. The Hall–Kier alpha value is -3.03. The standard InChI is InChI=1S/C18H18F3N5O3.HI/c19-18(20,21)29-14-4-2-1-3-13(14)26-17(23)25-9-11-5-7-12(8-6-11)16(28)24-10-15(22)27;/h1-8H,9-10H2,(H2,22,27)(H,24,28)(H3,23,25,26);1H. The predicted octanol–water partition coefficient (Wildman–Crippen LogP) is 2.35. The Labute approximate surface area is 186 Å². The van der Waals surface area contributed by atoms with Crippen LogP contribution >= 0.6 is 24.0 Å². The smallest absolute Gasteiger partial charge is 0.404 e. The maximum atomic E-state index is 12.4. The zero-order chi connectivity index (χ0) is 21.4. The van der Waals surface area contributed by atoms with E-state index in [0.29, 0.717) is 11.1 Å². The van der Waals surface area contributed by atoms with Crippen LogP contribution in [0.1, 0.15) is 15.9 Å². The number of hydrogen-bond donors (Lipinski definition) is 4. The molecule has 0 aliphatic carbocycles. The lowest BCUT2D eigenvalue weighted by molar-refractivity contribution is -0.274. The number of para-hydroxylation sites is 2. The Bertz CT molecular complexity index is 905. The number of nitrogens with one attached hydrogen (secondary N) is 2. The average Bonchev–Trinajstić information content (AvgIpc) is 2.65. The second-order valence-electron chi connectivity index (χ2n) is 5.72. The van der Waals surface area contributed by atoms with Crippen molar-refractivity contribution in [2.75, 3.05) is 11.9 Å². The minimum atomic E-state index is -4.84. The van der Waals surface area contributed by atoms with Crippen molar-refractivity contribution in [1.82, 2.24) is 5.32 Å². The summed E-state index contributed by atoms with van der Waals surface area (Å²) in [4.78, 5) is 26.5. The van der Waals surface area contributed by atoms with Gasteiger partial charge in [0.15, 0.2) is 11.7 Å². The Balaban J connectivity index is 0.00000450. The second-order valence-corrected chi connectivity index (χ2v) is 5.72. The van der Waals surface area contributed by atoms with Crippen LogP contribution in [0.4, 0.5) is 18.9 Å². The van der Waals surface area contributed by atoms with E-state index >= 15 is 0 Å². The summed E-state index contributed by atoms with van der Waals surface area (Å²) in [6, 6.07) is 11.7. The number of alkyl halides is 3. The molecule has 0 heterocycles. The first kappa shape index (κ1) is 25.0. The highest BCUT2D eigenvalue weighted by molar-refractivity contribution is 14.0. The van der Waals surface area contributed by atoms with E-state index in [0.717, 1.165) is 6.07 Å². The van der Waals surface area contributed by atoms with Gasteiger partial charge in [0, 0.05) is 5.56 Å². The lowest BCUT2D eigenvalue weighted by Gasteiger charge is -2.14. The van der Waals surface area contributed by atoms with Gasteiger partial charge in [-0.15, -0.1) is 37.1 Å². The number of primary amides is 1. The normalized spacial score (nSPS) is 11.2. The maximum Gasteiger partial charge on any atom is 0.573 e. The quantitative estimate of drug-likeness (QED) is 0.245. The number of benzene rings is 2. The van der Waals surface area contributed by atoms with Crippen molar-refractivity contribution in [2.24, 2.45) is 16.5 Å². The Morgan fingerprint density at radius 2 is 1.67 bits per heavy atom. The molecule has 30 heavy (non-hydrogen) atoms. The van der Waals surface area contributed by atoms with Crippen LogP contribution in [0, 0.1) is 0 Å². The summed E-state index contributed by atoms with van der Waals surface area (Å²) in [5.74, 6) is -1.67. The molecule has 0 radical (unpaired) electrons. The molecular weight excluding hydrogens is 518 g/mol. The van der Waals surface area contributed by atoms with E-state index < -0.39 is 23.9 Å². The minimum absolute atomic E-state index is 0. The van der Waals surface area contributed by atoms with Crippen LogP contribution in [0.25, 0.3) is 0 Å². The number of ether oxygens (including phenoxy) is 1. The van der Waals surface area contributed by atoms with E-state index in [1.165, 1.54) is 30.3 Å². The topological polar surface area (TPSA) is 132 Å². The molecule has 0 aliphatic rings. The third-order valence-corrected chi connectivity index (χ3v) is 3.45. The molecule has 2 aromatic carbocycles. The highest BCUT2D eigenvalue weighted by Gasteiger charge is 2.32. The summed E-state index contributed by atoms with van der Waals surface area (Å²) in [7, 11) is 0. The summed E-state index contributed by atoms with van der Waals surface area (Å²) in [6.07, 6.45) is -4.84. The van der Waals surface area contributed by atoms with E-state index in [1.54, 1.807) is 12.1 Å². The van der Waals surface area contributed by atoms with Crippen LogP contribution in [-0.4, -0.2) is 30.7 Å². The molecule has 0 saturated carbocycles. The molecule has 0 fully saturated rings. The van der Waals surface area contributed by atoms with Gasteiger partial charge in [-0.05, 0) is 29.8 Å². The molecule has 6 N–H and O–H groups in total. The maximum absolute atomic E-state index is 12.4. The summed E-state index contributed by atoms with van der Waals surface area (Å²) in [6.45, 7) is -0.156. The van der Waals surface area contributed by atoms with Crippen LogP contribution < -0.4 is 26.8 Å². The molecule has 0 spiro atoms. The fourth-order valence-electron chi connectivity index (χ4n) is 2.17. The number of rotatable bonds is 7. The molecule has 12 heteroatoms. The van der Waals surface area contributed by atoms with Gasteiger partial charge in [0.25, 0.3) is 5.91 Å². The SMILES string of the molecule is I.NC(=O)CNC(=O)c1ccc(CN=C(N)Nc2ccccc2OC(F)(F)F)cc1. The van der Waals surface area contributed by atoms with Crippen molar-refractivity contribution >= 4 is 47.4 Å². The van der Waals surface area contributed by atoms with Gasteiger partial charge >= 0.3 is 6.36 Å². The summed E-state index contributed by atoms with van der Waals surface area (Å²) in [5.41, 5.74) is 11.7. The molecule has 0 unspecified atom stereocenters. The first-order valence-corrected chi connectivity index (χ1v) is 8.21. The molecule has 162 valence electrons. The number of nitrogens with zero attached hydrogens (tertiary/aromatic N) is 1. The number of anilines is 1. The van der Waals surface area contributed by atoms with E-state index in [4.69, 9.17) is 11.5 Å². The van der Waals surface area contributed by atoms with Crippen molar-refractivity contribution in [3.05, 3.63) is 59.7 Å². The molecule has 2 aromatic rings. The molecule has 0 atom stereocenters. The van der Waals surface area contributed by atoms with Gasteiger partial charge in [-0.2, -0.15) is 0 Å². The summed E-state index contributed by atoms with van der Waals surface area (Å²) < 4.78 is 41.3. The third kappa shape index (κ3) is 8.55. The van der Waals surface area contributed by atoms with Crippen LogP contribution in [0.15, 0.2) is 53.5 Å². The average molecular weight is 537 g/mol. The zero-order valence-corrected chi connectivity index (χ0v) is 17.7. The monoisotopic (exact) mass is 537 g/mol. The molecule has 2 amide bonds. The summed E-state index contributed by atoms with van der Waals surface area (Å²) >= 11 is 0. The van der Waals surface area contributed by atoms with Gasteiger partial charge in [0.05, 0.1) is 18.8 Å². The number of halogens is 4. The van der Waals surface area contributed by atoms with Crippen molar-refractivity contribution in [1.29, 1.82) is 0 Å². The van der Waals surface area contributed by atoms with Gasteiger partial charge in [-0.1, -0.05) is 24.3 Å². The number of carbonyl (C=O) groups is 2. The summed E-state index contributed by atoms with van der Waals surface area (Å²) in [5, 5.41) is 4.91. The van der Waals surface area contributed by atoms with Crippen molar-refractivity contribution in [2.45, 2.75) is 12.9 Å². The number of nitrogens with two attached hydrogens (primary N) is 2. The molecule has 8 nitrogen and oxygen atoms in total.